The Labute approximate surface area is 292 Å². The van der Waals surface area contributed by atoms with Crippen LogP contribution in [0.25, 0.3) is 0 Å². The largest absolute Gasteiger partial charge is 0.467 e. The van der Waals surface area contributed by atoms with Crippen LogP contribution in [0.1, 0.15) is 114 Å². The number of esters is 1. The molecule has 49 heavy (non-hydrogen) atoms. The van der Waals surface area contributed by atoms with Crippen LogP contribution in [0.3, 0.4) is 0 Å². The van der Waals surface area contributed by atoms with Crippen molar-refractivity contribution in [2.45, 2.75) is 155 Å². The number of ether oxygens (including phenoxy) is 3. The van der Waals surface area contributed by atoms with E-state index in [2.05, 4.69) is 16.0 Å². The Morgan fingerprint density at radius 3 is 2.20 bits per heavy atom. The molecule has 0 bridgehead atoms. The highest BCUT2D eigenvalue weighted by Gasteiger charge is 2.46. The molecular formula is C35H61N5O9. The zero-order valence-electron chi connectivity index (χ0n) is 31.2. The lowest BCUT2D eigenvalue weighted by Gasteiger charge is -2.50. The van der Waals surface area contributed by atoms with E-state index in [1.165, 1.54) is 17.1 Å². The molecule has 0 aliphatic carbocycles. The lowest BCUT2D eigenvalue weighted by atomic mass is 9.80. The predicted molar refractivity (Wildman–Crippen MR) is 184 cm³/mol. The molecule has 0 aromatic carbocycles. The van der Waals surface area contributed by atoms with Crippen molar-refractivity contribution in [3.63, 3.8) is 0 Å². The van der Waals surface area contributed by atoms with Crippen LogP contribution < -0.4 is 16.0 Å². The number of carbonyl (C=O) groups excluding carboxylic acids is 5. The van der Waals surface area contributed by atoms with E-state index in [9.17, 15) is 29.2 Å². The summed E-state index contributed by atoms with van der Waals surface area (Å²) in [5.41, 5.74) is -1.76. The maximum Gasteiger partial charge on any atom is 0.408 e. The van der Waals surface area contributed by atoms with E-state index in [-0.39, 0.29) is 43.4 Å². The van der Waals surface area contributed by atoms with Gasteiger partial charge in [0.15, 0.2) is 0 Å². The number of alkyl carbamates (subject to hydrolysis) is 2. The molecule has 2 saturated heterocycles. The Kier molecular flexibility index (Phi) is 15.4. The van der Waals surface area contributed by atoms with Gasteiger partial charge in [0, 0.05) is 43.4 Å². The molecule has 14 nitrogen and oxygen atoms in total. The van der Waals surface area contributed by atoms with Crippen molar-refractivity contribution in [1.29, 1.82) is 0 Å². The molecule has 0 saturated carbocycles. The Morgan fingerprint density at radius 2 is 1.63 bits per heavy atom. The molecule has 2 aliphatic rings. The Bertz CT molecular complexity index is 1160. The summed E-state index contributed by atoms with van der Waals surface area (Å²) in [6.45, 7) is 17.6. The molecule has 0 aromatic heterocycles. The number of hydroxylamine groups is 2. The maximum atomic E-state index is 13.3. The third kappa shape index (κ3) is 13.8. The summed E-state index contributed by atoms with van der Waals surface area (Å²) in [5.74, 6) is -1.01. The second kappa shape index (κ2) is 18.0. The van der Waals surface area contributed by atoms with Crippen LogP contribution in [-0.4, -0.2) is 106 Å². The monoisotopic (exact) mass is 695 g/mol. The topological polar surface area (TPSA) is 176 Å². The van der Waals surface area contributed by atoms with Crippen molar-refractivity contribution >= 4 is 30.0 Å². The van der Waals surface area contributed by atoms with Gasteiger partial charge in [-0.05, 0) is 86.5 Å². The normalized spacial score (nSPS) is 20.8. The van der Waals surface area contributed by atoms with Crippen LogP contribution in [0.4, 0.5) is 9.59 Å². The number of likely N-dealkylation sites (tertiary alicyclic amines) is 1. The third-order valence-electron chi connectivity index (χ3n) is 8.58. The van der Waals surface area contributed by atoms with Crippen LogP contribution in [0.2, 0.25) is 0 Å². The molecule has 0 unspecified atom stereocenters. The number of rotatable bonds is 14. The average Bonchev–Trinajstić information content (AvgIpc) is 3.45. The molecule has 14 heteroatoms. The van der Waals surface area contributed by atoms with Crippen molar-refractivity contribution in [2.75, 3.05) is 20.2 Å². The zero-order chi connectivity index (χ0) is 37.2. The summed E-state index contributed by atoms with van der Waals surface area (Å²) in [7, 11) is 1.24. The number of nitrogens with zero attached hydrogens (tertiary/aromatic N) is 2. The van der Waals surface area contributed by atoms with Gasteiger partial charge < -0.3 is 40.3 Å². The first-order chi connectivity index (χ1) is 22.6. The first-order valence-corrected chi connectivity index (χ1v) is 17.4. The third-order valence-corrected chi connectivity index (χ3v) is 8.58. The lowest BCUT2D eigenvalue weighted by Crippen LogP contribution is -2.60. The summed E-state index contributed by atoms with van der Waals surface area (Å²) < 4.78 is 15.9. The number of piperidine rings is 1. The lowest BCUT2D eigenvalue weighted by molar-refractivity contribution is -0.256. The summed E-state index contributed by atoms with van der Waals surface area (Å²) >= 11 is 0. The molecular weight excluding hydrogens is 634 g/mol. The first-order valence-electron chi connectivity index (χ1n) is 17.4. The van der Waals surface area contributed by atoms with Gasteiger partial charge in [-0.15, -0.1) is 0 Å². The van der Waals surface area contributed by atoms with Crippen LogP contribution in [0.5, 0.6) is 0 Å². The van der Waals surface area contributed by atoms with Gasteiger partial charge in [-0.25, -0.2) is 14.4 Å². The van der Waals surface area contributed by atoms with Crippen LogP contribution in [-0.2, 0) is 28.6 Å². The van der Waals surface area contributed by atoms with E-state index in [0.717, 1.165) is 0 Å². The average molecular weight is 696 g/mol. The molecule has 280 valence electrons. The van der Waals surface area contributed by atoms with Gasteiger partial charge in [-0.3, -0.25) is 9.59 Å². The van der Waals surface area contributed by atoms with E-state index >= 15 is 0 Å². The van der Waals surface area contributed by atoms with Gasteiger partial charge in [0.05, 0.1) is 13.2 Å². The molecule has 2 fully saturated rings. The molecule has 2 rings (SSSR count). The number of nitrogens with one attached hydrogen (secondary N) is 3. The van der Waals surface area contributed by atoms with Crippen molar-refractivity contribution in [3.8, 4) is 0 Å². The summed E-state index contributed by atoms with van der Waals surface area (Å²) in [4.78, 5) is 65.4. The van der Waals surface area contributed by atoms with Gasteiger partial charge >= 0.3 is 18.2 Å². The van der Waals surface area contributed by atoms with E-state index in [1.807, 2.05) is 41.5 Å². The van der Waals surface area contributed by atoms with Gasteiger partial charge in [-0.1, -0.05) is 26.0 Å². The number of carbonyl (C=O) groups is 5. The van der Waals surface area contributed by atoms with Crippen molar-refractivity contribution in [1.82, 2.24) is 25.9 Å². The fourth-order valence-electron chi connectivity index (χ4n) is 6.55. The van der Waals surface area contributed by atoms with Gasteiger partial charge in [-0.2, -0.15) is 5.06 Å². The predicted octanol–water partition coefficient (Wildman–Crippen LogP) is 4.44. The van der Waals surface area contributed by atoms with E-state index in [0.29, 0.717) is 45.1 Å². The standard InChI is InChI=1S/C35H61N5O9/c1-23(2)20-24(37-32(45)49-33(3,4)5)14-11-17-28(41)39-19-13-16-27(39)29(42)38-26(30(43)47-10)15-12-18-36-31(44)48-25-21-34(6,7)40(46)35(8,9)22-25/h11,14,23-27,46H,12-13,15-22H2,1-10H3,(H,36,44)(H,37,45)(H,38,42)/b14-11+/t24-,26+,27+/m1/s1. The molecule has 2 heterocycles. The van der Waals surface area contributed by atoms with Crippen LogP contribution in [0, 0.1) is 5.92 Å². The Balaban J connectivity index is 1.90. The van der Waals surface area contributed by atoms with Crippen LogP contribution in [0.15, 0.2) is 12.2 Å². The number of methoxy groups -OCH3 is 1. The van der Waals surface area contributed by atoms with Gasteiger partial charge in [0.2, 0.25) is 11.8 Å². The fourth-order valence-corrected chi connectivity index (χ4v) is 6.55. The van der Waals surface area contributed by atoms with Gasteiger partial charge in [0.25, 0.3) is 0 Å². The Hall–Kier alpha value is -3.39. The molecule has 2 aliphatic heterocycles. The minimum Gasteiger partial charge on any atom is -0.467 e. The second-order valence-corrected chi connectivity index (χ2v) is 15.8. The van der Waals surface area contributed by atoms with Crippen molar-refractivity contribution in [3.05, 3.63) is 12.2 Å². The highest BCUT2D eigenvalue weighted by molar-refractivity contribution is 5.91. The minimum atomic E-state index is -0.959. The molecule has 3 atom stereocenters. The van der Waals surface area contributed by atoms with Crippen molar-refractivity contribution in [2.24, 2.45) is 5.92 Å². The summed E-state index contributed by atoms with van der Waals surface area (Å²) in [6, 6.07) is -2.01. The SMILES string of the molecule is COC(=O)[C@H](CCCNC(=O)OC1CC(C)(C)N(O)C(C)(C)C1)NC(=O)[C@@H]1CCCN1C(=O)C/C=C/[C@H](CC(C)C)NC(=O)OC(C)(C)C. The minimum absolute atomic E-state index is 0.0463. The van der Waals surface area contributed by atoms with Gasteiger partial charge in [0.1, 0.15) is 23.8 Å². The Morgan fingerprint density at radius 1 is 1.00 bits per heavy atom. The summed E-state index contributed by atoms with van der Waals surface area (Å²) in [5, 5.41) is 20.1. The number of hydrogen-bond donors (Lipinski definition) is 4. The van der Waals surface area contributed by atoms with E-state index < -0.39 is 52.8 Å². The van der Waals surface area contributed by atoms with E-state index in [4.69, 9.17) is 14.2 Å². The first kappa shape index (κ1) is 41.8. The number of amides is 4. The molecule has 0 radical (unpaired) electrons. The zero-order valence-corrected chi connectivity index (χ0v) is 31.2. The molecule has 4 amide bonds. The molecule has 0 aromatic rings. The van der Waals surface area contributed by atoms with E-state index in [1.54, 1.807) is 32.9 Å². The second-order valence-electron chi connectivity index (χ2n) is 15.8. The molecule has 4 N–H and O–H groups in total. The smallest absolute Gasteiger partial charge is 0.408 e. The maximum absolute atomic E-state index is 13.3. The van der Waals surface area contributed by atoms with Crippen molar-refractivity contribution < 1.29 is 43.4 Å². The fraction of sp³-hybridized carbons (Fsp3) is 0.800. The number of hydrogen-bond acceptors (Lipinski definition) is 10. The summed E-state index contributed by atoms with van der Waals surface area (Å²) in [6.07, 6.45) is 5.29. The highest BCUT2D eigenvalue weighted by Crippen LogP contribution is 2.37. The van der Waals surface area contributed by atoms with Crippen LogP contribution >= 0.6 is 0 Å². The highest BCUT2D eigenvalue weighted by atomic mass is 16.6. The molecule has 0 spiro atoms. The quantitative estimate of drug-likeness (QED) is 0.0880.